The van der Waals surface area contributed by atoms with Crippen LogP contribution in [0.5, 0.6) is 11.5 Å². The van der Waals surface area contributed by atoms with Crippen molar-refractivity contribution >= 4 is 28.6 Å². The Morgan fingerprint density at radius 3 is 2.43 bits per heavy atom. The number of hydrogen-bond acceptors (Lipinski definition) is 6. The molecule has 0 saturated carbocycles. The Morgan fingerprint density at radius 1 is 1.26 bits per heavy atom. The lowest BCUT2D eigenvalue weighted by Crippen LogP contribution is -2.12. The minimum absolute atomic E-state index is 0.0697. The molecule has 0 aliphatic rings. The molecule has 0 spiro atoms. The Kier molecular flexibility index (Phi) is 5.53. The number of anilines is 1. The Bertz CT molecular complexity index is 700. The summed E-state index contributed by atoms with van der Waals surface area (Å²) >= 11 is 1.25. The molecular formula is C15H16N2O5S. The summed E-state index contributed by atoms with van der Waals surface area (Å²) in [6, 6.07) is 6.05. The first kappa shape index (κ1) is 16.8. The number of carbonyl (C=O) groups is 1. The van der Waals surface area contributed by atoms with Crippen LogP contribution in [0.25, 0.3) is 0 Å². The molecule has 0 radical (unpaired) electrons. The summed E-state index contributed by atoms with van der Waals surface area (Å²) in [4.78, 5) is 23.3. The number of rotatable bonds is 7. The number of nitro benzene ring substituents is 1. The number of ether oxygens (including phenoxy) is 2. The van der Waals surface area contributed by atoms with Gasteiger partial charge in [-0.3, -0.25) is 14.9 Å². The van der Waals surface area contributed by atoms with Crippen molar-refractivity contribution in [2.24, 2.45) is 0 Å². The van der Waals surface area contributed by atoms with Gasteiger partial charge in [0, 0.05) is 6.07 Å². The second-order valence-corrected chi connectivity index (χ2v) is 5.32. The van der Waals surface area contributed by atoms with Gasteiger partial charge in [0.25, 0.3) is 11.6 Å². The van der Waals surface area contributed by atoms with E-state index in [2.05, 4.69) is 5.32 Å². The molecule has 7 nitrogen and oxygen atoms in total. The van der Waals surface area contributed by atoms with Gasteiger partial charge < -0.3 is 14.8 Å². The van der Waals surface area contributed by atoms with Gasteiger partial charge in [0.1, 0.15) is 5.69 Å². The van der Waals surface area contributed by atoms with Crippen LogP contribution in [0.1, 0.15) is 23.5 Å². The van der Waals surface area contributed by atoms with Crippen LogP contribution in [-0.2, 0) is 0 Å². The molecule has 0 aliphatic carbocycles. The van der Waals surface area contributed by atoms with Gasteiger partial charge in [0.2, 0.25) is 0 Å². The maximum absolute atomic E-state index is 12.1. The summed E-state index contributed by atoms with van der Waals surface area (Å²) in [7, 11) is 0. The molecule has 1 heterocycles. The van der Waals surface area contributed by atoms with E-state index in [-0.39, 0.29) is 17.1 Å². The van der Waals surface area contributed by atoms with Crippen molar-refractivity contribution in [3.8, 4) is 11.5 Å². The van der Waals surface area contributed by atoms with E-state index >= 15 is 0 Å². The molecule has 1 aromatic heterocycles. The lowest BCUT2D eigenvalue weighted by atomic mass is 10.2. The summed E-state index contributed by atoms with van der Waals surface area (Å²) < 4.78 is 10.8. The van der Waals surface area contributed by atoms with E-state index in [0.29, 0.717) is 23.8 Å². The van der Waals surface area contributed by atoms with Gasteiger partial charge in [-0.1, -0.05) is 6.07 Å². The first-order chi connectivity index (χ1) is 11.1. The van der Waals surface area contributed by atoms with Gasteiger partial charge in [0.15, 0.2) is 11.5 Å². The van der Waals surface area contributed by atoms with Crippen molar-refractivity contribution in [2.75, 3.05) is 18.5 Å². The van der Waals surface area contributed by atoms with Gasteiger partial charge in [0.05, 0.1) is 29.1 Å². The van der Waals surface area contributed by atoms with E-state index in [1.54, 1.807) is 31.4 Å². The molecule has 1 amide bonds. The van der Waals surface area contributed by atoms with Crippen LogP contribution >= 0.6 is 11.3 Å². The number of nitrogens with zero attached hydrogens (tertiary/aromatic N) is 1. The zero-order valence-corrected chi connectivity index (χ0v) is 13.5. The topological polar surface area (TPSA) is 90.7 Å². The summed E-state index contributed by atoms with van der Waals surface area (Å²) in [6.07, 6.45) is 0. The van der Waals surface area contributed by atoms with Gasteiger partial charge in [-0.05, 0) is 25.3 Å². The molecule has 0 fully saturated rings. The van der Waals surface area contributed by atoms with E-state index < -0.39 is 10.8 Å². The number of nitro groups is 1. The smallest absolute Gasteiger partial charge is 0.296 e. The van der Waals surface area contributed by atoms with Crippen molar-refractivity contribution in [3.63, 3.8) is 0 Å². The summed E-state index contributed by atoms with van der Waals surface area (Å²) in [5, 5.41) is 15.6. The highest BCUT2D eigenvalue weighted by atomic mass is 32.1. The minimum atomic E-state index is -0.567. The fourth-order valence-electron chi connectivity index (χ4n) is 1.93. The van der Waals surface area contributed by atoms with Crippen LogP contribution in [0.3, 0.4) is 0 Å². The van der Waals surface area contributed by atoms with Crippen LogP contribution in [0.2, 0.25) is 0 Å². The zero-order chi connectivity index (χ0) is 16.8. The molecule has 2 rings (SSSR count). The van der Waals surface area contributed by atoms with Crippen LogP contribution in [0.4, 0.5) is 11.4 Å². The van der Waals surface area contributed by atoms with Crippen molar-refractivity contribution in [1.29, 1.82) is 0 Å². The standard InChI is InChI=1S/C15H16N2O5S/c1-3-21-12-8-10(16-15(18)14-6-5-7-23-14)11(17(19)20)9-13(12)22-4-2/h5-9H,3-4H2,1-2H3,(H,16,18). The third-order valence-electron chi connectivity index (χ3n) is 2.85. The number of benzene rings is 1. The number of amides is 1. The Balaban J connectivity index is 2.41. The highest BCUT2D eigenvalue weighted by Gasteiger charge is 2.22. The molecule has 0 aliphatic heterocycles. The quantitative estimate of drug-likeness (QED) is 0.615. The highest BCUT2D eigenvalue weighted by molar-refractivity contribution is 7.12. The summed E-state index contributed by atoms with van der Waals surface area (Å²) in [6.45, 7) is 4.28. The largest absolute Gasteiger partial charge is 0.490 e. The molecule has 0 bridgehead atoms. The second kappa shape index (κ2) is 7.59. The lowest BCUT2D eigenvalue weighted by Gasteiger charge is -2.13. The van der Waals surface area contributed by atoms with Gasteiger partial charge in [-0.15, -0.1) is 11.3 Å². The number of hydrogen-bond donors (Lipinski definition) is 1. The highest BCUT2D eigenvalue weighted by Crippen LogP contribution is 2.38. The van der Waals surface area contributed by atoms with E-state index in [4.69, 9.17) is 9.47 Å². The maximum atomic E-state index is 12.1. The van der Waals surface area contributed by atoms with Crippen LogP contribution in [-0.4, -0.2) is 24.0 Å². The third-order valence-corrected chi connectivity index (χ3v) is 3.72. The molecule has 1 N–H and O–H groups in total. The molecule has 0 atom stereocenters. The third kappa shape index (κ3) is 3.98. The first-order valence-electron chi connectivity index (χ1n) is 6.99. The zero-order valence-electron chi connectivity index (χ0n) is 12.7. The van der Waals surface area contributed by atoms with Gasteiger partial charge >= 0.3 is 0 Å². The fraction of sp³-hybridized carbons (Fsp3) is 0.267. The number of nitrogens with one attached hydrogen (secondary N) is 1. The van der Waals surface area contributed by atoms with Gasteiger partial charge in [-0.2, -0.15) is 0 Å². The van der Waals surface area contributed by atoms with E-state index in [1.165, 1.54) is 23.5 Å². The Hall–Kier alpha value is -2.61. The van der Waals surface area contributed by atoms with Crippen molar-refractivity contribution in [1.82, 2.24) is 0 Å². The summed E-state index contributed by atoms with van der Waals surface area (Å²) in [5.41, 5.74) is -0.179. The normalized spacial score (nSPS) is 10.2. The Morgan fingerprint density at radius 2 is 1.91 bits per heavy atom. The van der Waals surface area contributed by atoms with Crippen molar-refractivity contribution in [2.45, 2.75) is 13.8 Å². The SMILES string of the molecule is CCOc1cc(NC(=O)c2cccs2)c([N+](=O)[O-])cc1OCC. The maximum Gasteiger partial charge on any atom is 0.296 e. The van der Waals surface area contributed by atoms with Gasteiger partial charge in [-0.25, -0.2) is 0 Å². The van der Waals surface area contributed by atoms with E-state index in [9.17, 15) is 14.9 Å². The molecule has 0 unspecified atom stereocenters. The molecule has 23 heavy (non-hydrogen) atoms. The molecular weight excluding hydrogens is 320 g/mol. The molecule has 0 saturated heterocycles. The number of thiophene rings is 1. The Labute approximate surface area is 137 Å². The lowest BCUT2D eigenvalue weighted by molar-refractivity contribution is -0.384. The predicted molar refractivity (Wildman–Crippen MR) is 87.7 cm³/mol. The average Bonchev–Trinajstić information content (AvgIpc) is 3.04. The van der Waals surface area contributed by atoms with E-state index in [1.807, 2.05) is 0 Å². The second-order valence-electron chi connectivity index (χ2n) is 4.37. The molecule has 2 aromatic rings. The first-order valence-corrected chi connectivity index (χ1v) is 7.87. The van der Waals surface area contributed by atoms with Crippen molar-refractivity contribution in [3.05, 3.63) is 44.6 Å². The monoisotopic (exact) mass is 336 g/mol. The predicted octanol–water partition coefficient (Wildman–Crippen LogP) is 3.71. The van der Waals surface area contributed by atoms with Crippen LogP contribution in [0, 0.1) is 10.1 Å². The molecule has 8 heteroatoms. The molecule has 122 valence electrons. The van der Waals surface area contributed by atoms with Crippen LogP contribution in [0.15, 0.2) is 29.6 Å². The van der Waals surface area contributed by atoms with Crippen LogP contribution < -0.4 is 14.8 Å². The average molecular weight is 336 g/mol. The summed E-state index contributed by atoms with van der Waals surface area (Å²) in [5.74, 6) is 0.214. The minimum Gasteiger partial charge on any atom is -0.490 e. The molecule has 1 aromatic carbocycles. The van der Waals surface area contributed by atoms with Crippen molar-refractivity contribution < 1.29 is 19.2 Å². The number of carbonyl (C=O) groups excluding carboxylic acids is 1. The van der Waals surface area contributed by atoms with E-state index in [0.717, 1.165) is 0 Å². The fourth-order valence-corrected chi connectivity index (χ4v) is 2.55.